The molecule has 0 N–H and O–H groups in total. The number of aromatic nitrogens is 4. The largest absolute Gasteiger partial charge is 0.496 e. The van der Waals surface area contributed by atoms with Crippen molar-refractivity contribution in [3.8, 4) is 16.5 Å². The van der Waals surface area contributed by atoms with Gasteiger partial charge in [-0.15, -0.1) is 11.3 Å². The molecule has 2 aliphatic heterocycles. The van der Waals surface area contributed by atoms with Crippen LogP contribution < -0.4 is 16.0 Å². The minimum Gasteiger partial charge on any atom is -0.496 e. The Bertz CT molecular complexity index is 2190. The molecule has 0 radical (unpaired) electrons. The minimum absolute atomic E-state index is 0.0410. The number of carbonyl (C=O) groups excluding carboxylic acids is 1. The number of ketones is 1. The highest BCUT2D eigenvalue weighted by atomic mass is 32.2. The number of Topliss-reactive ketones (excluding diaryl/α,β-unsaturated/α-hetero) is 1. The van der Waals surface area contributed by atoms with E-state index in [0.717, 1.165) is 40.3 Å². The number of fused-ring (bicyclic) bond motifs is 3. The average molecular weight is 747 g/mol. The second-order valence-electron chi connectivity index (χ2n) is 14.3. The molecule has 1 aromatic carbocycles. The van der Waals surface area contributed by atoms with Crippen molar-refractivity contribution in [3.63, 3.8) is 0 Å². The van der Waals surface area contributed by atoms with Crippen LogP contribution in [0, 0.1) is 12.7 Å². The summed E-state index contributed by atoms with van der Waals surface area (Å²) in [5.41, 5.74) is -0.953. The van der Waals surface area contributed by atoms with E-state index in [1.165, 1.54) is 43.7 Å². The Morgan fingerprint density at radius 1 is 1.20 bits per heavy atom. The van der Waals surface area contributed by atoms with Crippen LogP contribution in [0.5, 0.6) is 5.75 Å². The summed E-state index contributed by atoms with van der Waals surface area (Å²) in [6.07, 6.45) is 2.88. The highest BCUT2D eigenvalue weighted by Crippen LogP contribution is 2.44. The maximum atomic E-state index is 14.9. The summed E-state index contributed by atoms with van der Waals surface area (Å²) >= 11 is 2.30. The predicted octanol–water partition coefficient (Wildman–Crippen LogP) is 4.94. The van der Waals surface area contributed by atoms with Gasteiger partial charge in [-0.05, 0) is 102 Å². The van der Waals surface area contributed by atoms with Crippen LogP contribution in [0.2, 0.25) is 0 Å². The molecule has 3 aliphatic rings. The summed E-state index contributed by atoms with van der Waals surface area (Å²) in [5.74, 6) is -1.37. The van der Waals surface area contributed by atoms with Crippen LogP contribution in [0.4, 0.5) is 4.39 Å². The first-order valence-electron chi connectivity index (χ1n) is 16.6. The van der Waals surface area contributed by atoms with E-state index in [1.54, 1.807) is 19.4 Å². The normalized spacial score (nSPS) is 22.2. The van der Waals surface area contributed by atoms with Gasteiger partial charge in [-0.3, -0.25) is 14.2 Å². The van der Waals surface area contributed by atoms with Gasteiger partial charge in [0.05, 0.1) is 47.0 Å². The number of halogens is 1. The van der Waals surface area contributed by atoms with Gasteiger partial charge in [0.15, 0.2) is 21.4 Å². The van der Waals surface area contributed by atoms with Crippen LogP contribution in [-0.2, 0) is 36.2 Å². The first-order chi connectivity index (χ1) is 23.6. The summed E-state index contributed by atoms with van der Waals surface area (Å²) in [6.45, 7) is 5.94. The van der Waals surface area contributed by atoms with Crippen LogP contribution in [0.1, 0.15) is 76.5 Å². The smallest absolute Gasteiger partial charge is 0.333 e. The molecule has 1 unspecified atom stereocenters. The van der Waals surface area contributed by atoms with Gasteiger partial charge < -0.3 is 14.2 Å². The number of hydrogen-bond donors (Lipinski definition) is 0. The Labute approximate surface area is 296 Å². The Balaban J connectivity index is 1.40. The zero-order valence-corrected chi connectivity index (χ0v) is 30.9. The third-order valence-electron chi connectivity index (χ3n) is 10.5. The van der Waals surface area contributed by atoms with E-state index in [1.807, 2.05) is 0 Å². The number of nitrogens with zero attached hydrogens (tertiary/aromatic N) is 4. The SMILES string of the molecule is COc1ccc(F)cc1[C@H](Cn1c(=O)n(C(C)(C)C(=O)CS(=O)(=O)C2(C)CC2)c(=O)c2c(C)c(-c3ncsn3)sc21)OC1C[C@H]2CC[C@@H](C1)O2. The number of carbonyl (C=O) groups is 1. The van der Waals surface area contributed by atoms with E-state index in [9.17, 15) is 27.2 Å². The van der Waals surface area contributed by atoms with E-state index in [4.69, 9.17) is 14.2 Å². The third kappa shape index (κ3) is 6.06. The lowest BCUT2D eigenvalue weighted by Gasteiger charge is -2.33. The van der Waals surface area contributed by atoms with Crippen molar-refractivity contribution in [1.29, 1.82) is 0 Å². The van der Waals surface area contributed by atoms with E-state index < -0.39 is 54.8 Å². The molecule has 16 heteroatoms. The van der Waals surface area contributed by atoms with Gasteiger partial charge in [0.2, 0.25) is 0 Å². The summed E-state index contributed by atoms with van der Waals surface area (Å²) < 4.78 is 65.3. The summed E-state index contributed by atoms with van der Waals surface area (Å²) in [7, 11) is -2.38. The predicted molar refractivity (Wildman–Crippen MR) is 187 cm³/mol. The molecular formula is C34H39FN4O8S3. The Morgan fingerprint density at radius 3 is 2.52 bits per heavy atom. The number of thiophene rings is 1. The fourth-order valence-electron chi connectivity index (χ4n) is 7.11. The molecule has 5 heterocycles. The Morgan fingerprint density at radius 2 is 1.90 bits per heavy atom. The van der Waals surface area contributed by atoms with E-state index in [0.29, 0.717) is 58.1 Å². The van der Waals surface area contributed by atoms with Crippen molar-refractivity contribution < 1.29 is 31.8 Å². The molecule has 0 spiro atoms. The summed E-state index contributed by atoms with van der Waals surface area (Å²) in [5, 5.41) is 0.173. The third-order valence-corrected chi connectivity index (χ3v) is 14.9. The maximum absolute atomic E-state index is 14.9. The molecule has 4 atom stereocenters. The lowest BCUT2D eigenvalue weighted by atomic mass is 9.99. The summed E-state index contributed by atoms with van der Waals surface area (Å²) in [4.78, 5) is 48.3. The molecule has 3 aromatic heterocycles. The topological polar surface area (TPSA) is 149 Å². The van der Waals surface area contributed by atoms with E-state index in [-0.39, 0.29) is 30.2 Å². The Kier molecular flexibility index (Phi) is 8.93. The van der Waals surface area contributed by atoms with Crippen molar-refractivity contribution in [1.82, 2.24) is 18.5 Å². The lowest BCUT2D eigenvalue weighted by Crippen LogP contribution is -2.54. The lowest BCUT2D eigenvalue weighted by molar-refractivity contribution is -0.123. The van der Waals surface area contributed by atoms with Crippen LogP contribution in [-0.4, -0.2) is 68.6 Å². The van der Waals surface area contributed by atoms with E-state index >= 15 is 0 Å². The maximum Gasteiger partial charge on any atom is 0.333 e. The Hall–Kier alpha value is -3.31. The average Bonchev–Trinajstić information content (AvgIpc) is 3.35. The molecule has 12 nitrogen and oxygen atoms in total. The number of rotatable bonds is 12. The van der Waals surface area contributed by atoms with Gasteiger partial charge in [0.25, 0.3) is 5.56 Å². The molecule has 7 rings (SSSR count). The van der Waals surface area contributed by atoms with Crippen molar-refractivity contribution in [2.45, 2.75) is 107 Å². The highest BCUT2D eigenvalue weighted by molar-refractivity contribution is 7.93. The van der Waals surface area contributed by atoms with Gasteiger partial charge in [-0.1, -0.05) is 0 Å². The van der Waals surface area contributed by atoms with Crippen molar-refractivity contribution in [2.75, 3.05) is 12.9 Å². The number of sulfone groups is 1. The van der Waals surface area contributed by atoms with Crippen molar-refractivity contribution in [2.24, 2.45) is 0 Å². The quantitative estimate of drug-likeness (QED) is 0.195. The van der Waals surface area contributed by atoms with Crippen LogP contribution >= 0.6 is 22.9 Å². The number of benzene rings is 1. The number of ether oxygens (including phenoxy) is 3. The monoisotopic (exact) mass is 746 g/mol. The van der Waals surface area contributed by atoms with Crippen LogP contribution in [0.3, 0.4) is 0 Å². The molecule has 2 bridgehead atoms. The first-order valence-corrected chi connectivity index (χ1v) is 19.9. The first kappa shape index (κ1) is 35.1. The zero-order chi connectivity index (χ0) is 35.7. The summed E-state index contributed by atoms with van der Waals surface area (Å²) in [6, 6.07) is 4.09. The molecular weight excluding hydrogens is 708 g/mol. The minimum atomic E-state index is -3.84. The van der Waals surface area contributed by atoms with Gasteiger partial charge in [0.1, 0.15) is 39.3 Å². The second-order valence-corrected chi connectivity index (χ2v) is 18.4. The fraction of sp³-hybridized carbons (Fsp3) is 0.559. The van der Waals surface area contributed by atoms with Crippen molar-refractivity contribution >= 4 is 48.7 Å². The molecule has 1 aliphatic carbocycles. The molecule has 4 aromatic rings. The van der Waals surface area contributed by atoms with Gasteiger partial charge in [0, 0.05) is 5.56 Å². The zero-order valence-electron chi connectivity index (χ0n) is 28.4. The number of hydrogen-bond acceptors (Lipinski definition) is 12. The van der Waals surface area contributed by atoms with Crippen LogP contribution in [0.15, 0.2) is 33.3 Å². The molecule has 268 valence electrons. The molecule has 0 amide bonds. The standard InChI is InChI=1S/C34H39FN4O8S3/c1-18-27-30(41)39(33(2,3)26(40)16-50(43,44)34(4)10-11-34)32(42)38(31(27)49-28(18)29-36-17-48-37-29)15-25(23-12-19(35)6-9-24(23)45-5)47-22-13-20-7-8-21(14-22)46-20/h6,9,12,17,20-22,25H,7-8,10-11,13-16H2,1-5H3/t20-,21+,22?,25-/m0/s1. The number of aryl methyl sites for hydroxylation is 1. The highest BCUT2D eigenvalue weighted by Gasteiger charge is 2.52. The van der Waals surface area contributed by atoms with Gasteiger partial charge in [-0.25, -0.2) is 27.2 Å². The number of methoxy groups -OCH3 is 1. The molecule has 2 saturated heterocycles. The molecule has 1 saturated carbocycles. The van der Waals surface area contributed by atoms with E-state index in [2.05, 4.69) is 9.36 Å². The van der Waals surface area contributed by atoms with Crippen LogP contribution in [0.25, 0.3) is 20.9 Å². The van der Waals surface area contributed by atoms with Gasteiger partial charge >= 0.3 is 5.69 Å². The second kappa shape index (κ2) is 12.7. The molecule has 50 heavy (non-hydrogen) atoms. The molecule has 3 fully saturated rings. The fourth-order valence-corrected chi connectivity index (χ4v) is 10.6. The van der Waals surface area contributed by atoms with Gasteiger partial charge in [-0.2, -0.15) is 4.37 Å². The van der Waals surface area contributed by atoms with Crippen molar-refractivity contribution in [3.05, 3.63) is 61.5 Å².